The first-order valence-electron chi connectivity index (χ1n) is 8.69. The first-order valence-corrected chi connectivity index (χ1v) is 8.69. The van der Waals surface area contributed by atoms with Crippen LogP contribution in [0.5, 0.6) is 0 Å². The number of urea groups is 1. The molecule has 0 saturated carbocycles. The van der Waals surface area contributed by atoms with Gasteiger partial charge in [0.25, 0.3) is 11.8 Å². The van der Waals surface area contributed by atoms with E-state index in [1.807, 2.05) is 20.8 Å². The van der Waals surface area contributed by atoms with Gasteiger partial charge in [-0.1, -0.05) is 13.8 Å². The molecule has 0 radical (unpaired) electrons. The van der Waals surface area contributed by atoms with Gasteiger partial charge in [-0.25, -0.2) is 4.79 Å². The van der Waals surface area contributed by atoms with Crippen LogP contribution < -0.4 is 16.0 Å². The lowest BCUT2D eigenvalue weighted by atomic mass is 9.93. The molecule has 8 heteroatoms. The van der Waals surface area contributed by atoms with Crippen LogP contribution in [0.2, 0.25) is 0 Å². The van der Waals surface area contributed by atoms with Crippen molar-refractivity contribution in [1.29, 1.82) is 0 Å². The Balaban J connectivity index is 2.00. The van der Waals surface area contributed by atoms with Crippen molar-refractivity contribution < 1.29 is 19.2 Å². The summed E-state index contributed by atoms with van der Waals surface area (Å²) >= 11 is 0. The van der Waals surface area contributed by atoms with Gasteiger partial charge in [0.15, 0.2) is 0 Å². The Hall–Kier alpha value is -2.90. The third kappa shape index (κ3) is 3.84. The van der Waals surface area contributed by atoms with Gasteiger partial charge >= 0.3 is 6.03 Å². The molecule has 0 bridgehead atoms. The monoisotopic (exact) mass is 360 g/mol. The van der Waals surface area contributed by atoms with Crippen LogP contribution in [-0.2, 0) is 9.59 Å². The minimum absolute atomic E-state index is 0.194. The molecular weight excluding hydrogens is 336 g/mol. The Bertz CT molecular complexity index is 710. The standard InChI is InChI=1S/C18H24N4O4/c1-4-18(5-2)16(25)22(17(26)21-18)11-14(23)20-13-9-7-12(8-10-13)15(24)19-6-3/h7-10H,4-6,11H2,1-3H3,(H,19,24)(H,20,23)(H,21,26). The molecule has 1 saturated heterocycles. The molecule has 1 aliphatic heterocycles. The molecule has 1 heterocycles. The fourth-order valence-corrected chi connectivity index (χ4v) is 2.86. The van der Waals surface area contributed by atoms with E-state index < -0.39 is 17.5 Å². The zero-order chi connectivity index (χ0) is 19.3. The van der Waals surface area contributed by atoms with Crippen LogP contribution >= 0.6 is 0 Å². The SMILES string of the molecule is CCNC(=O)c1ccc(NC(=O)CN2C(=O)NC(CC)(CC)C2=O)cc1. The molecule has 8 nitrogen and oxygen atoms in total. The van der Waals surface area contributed by atoms with Gasteiger partial charge in [-0.3, -0.25) is 19.3 Å². The van der Waals surface area contributed by atoms with Gasteiger partial charge in [-0.2, -0.15) is 0 Å². The molecule has 2 rings (SSSR count). The van der Waals surface area contributed by atoms with E-state index in [1.54, 1.807) is 24.3 Å². The summed E-state index contributed by atoms with van der Waals surface area (Å²) in [6.07, 6.45) is 0.932. The maximum atomic E-state index is 12.5. The van der Waals surface area contributed by atoms with Gasteiger partial charge in [0.2, 0.25) is 5.91 Å². The number of benzene rings is 1. The number of anilines is 1. The molecule has 140 valence electrons. The minimum Gasteiger partial charge on any atom is -0.352 e. The van der Waals surface area contributed by atoms with Gasteiger partial charge in [-0.05, 0) is 44.0 Å². The molecule has 1 fully saturated rings. The maximum Gasteiger partial charge on any atom is 0.325 e. The molecule has 0 atom stereocenters. The van der Waals surface area contributed by atoms with Crippen molar-refractivity contribution in [2.24, 2.45) is 0 Å². The molecule has 0 aliphatic carbocycles. The summed E-state index contributed by atoms with van der Waals surface area (Å²) in [5.74, 6) is -1.06. The van der Waals surface area contributed by atoms with E-state index in [-0.39, 0.29) is 18.4 Å². The highest BCUT2D eigenvalue weighted by atomic mass is 16.2. The van der Waals surface area contributed by atoms with E-state index in [0.29, 0.717) is 30.6 Å². The van der Waals surface area contributed by atoms with Crippen molar-refractivity contribution in [3.63, 3.8) is 0 Å². The molecule has 1 aliphatic rings. The van der Waals surface area contributed by atoms with Crippen LogP contribution in [-0.4, -0.2) is 47.3 Å². The second kappa shape index (κ2) is 7.99. The van der Waals surface area contributed by atoms with Crippen LogP contribution in [0.3, 0.4) is 0 Å². The number of imide groups is 1. The van der Waals surface area contributed by atoms with E-state index >= 15 is 0 Å². The highest BCUT2D eigenvalue weighted by Gasteiger charge is 2.49. The maximum absolute atomic E-state index is 12.5. The van der Waals surface area contributed by atoms with Crippen LogP contribution in [0.25, 0.3) is 0 Å². The van der Waals surface area contributed by atoms with Crippen molar-refractivity contribution in [1.82, 2.24) is 15.5 Å². The first kappa shape index (κ1) is 19.4. The Morgan fingerprint density at radius 2 is 1.69 bits per heavy atom. The summed E-state index contributed by atoms with van der Waals surface area (Å²) in [5.41, 5.74) is 0.0352. The van der Waals surface area contributed by atoms with Gasteiger partial charge in [-0.15, -0.1) is 0 Å². The molecule has 26 heavy (non-hydrogen) atoms. The van der Waals surface area contributed by atoms with Gasteiger partial charge in [0.05, 0.1) is 0 Å². The molecule has 1 aromatic rings. The second-order valence-electron chi connectivity index (χ2n) is 6.10. The van der Waals surface area contributed by atoms with Crippen molar-refractivity contribution >= 4 is 29.4 Å². The Morgan fingerprint density at radius 3 is 2.19 bits per heavy atom. The van der Waals surface area contributed by atoms with Crippen molar-refractivity contribution in [2.45, 2.75) is 39.2 Å². The summed E-state index contributed by atoms with van der Waals surface area (Å²) in [5, 5.41) is 7.99. The Kier molecular flexibility index (Phi) is 5.97. The zero-order valence-corrected chi connectivity index (χ0v) is 15.2. The topological polar surface area (TPSA) is 108 Å². The largest absolute Gasteiger partial charge is 0.352 e. The zero-order valence-electron chi connectivity index (χ0n) is 15.2. The number of nitrogens with one attached hydrogen (secondary N) is 3. The molecule has 0 spiro atoms. The summed E-state index contributed by atoms with van der Waals surface area (Å²) in [7, 11) is 0. The molecule has 0 aromatic heterocycles. The smallest absolute Gasteiger partial charge is 0.325 e. The average molecular weight is 360 g/mol. The van der Waals surface area contributed by atoms with E-state index in [0.717, 1.165) is 4.90 Å². The van der Waals surface area contributed by atoms with Crippen molar-refractivity contribution in [3.05, 3.63) is 29.8 Å². The summed E-state index contributed by atoms with van der Waals surface area (Å²) < 4.78 is 0. The van der Waals surface area contributed by atoms with Crippen LogP contribution in [0.1, 0.15) is 44.0 Å². The average Bonchev–Trinajstić information content (AvgIpc) is 2.87. The minimum atomic E-state index is -0.925. The van der Waals surface area contributed by atoms with Gasteiger partial charge < -0.3 is 16.0 Å². The Morgan fingerprint density at radius 1 is 1.08 bits per heavy atom. The fraction of sp³-hybridized carbons (Fsp3) is 0.444. The third-order valence-corrected chi connectivity index (χ3v) is 4.52. The normalized spacial score (nSPS) is 15.6. The van der Waals surface area contributed by atoms with E-state index in [9.17, 15) is 19.2 Å². The summed E-state index contributed by atoms with van der Waals surface area (Å²) in [6, 6.07) is 5.81. The molecule has 5 amide bonds. The lowest BCUT2D eigenvalue weighted by Crippen LogP contribution is -2.46. The molecule has 0 unspecified atom stereocenters. The van der Waals surface area contributed by atoms with Crippen molar-refractivity contribution in [3.8, 4) is 0 Å². The first-order chi connectivity index (χ1) is 12.4. The quantitative estimate of drug-likeness (QED) is 0.640. The number of carbonyl (C=O) groups excluding carboxylic acids is 4. The third-order valence-electron chi connectivity index (χ3n) is 4.52. The molecule has 3 N–H and O–H groups in total. The number of amides is 5. The predicted octanol–water partition coefficient (Wildman–Crippen LogP) is 1.49. The lowest BCUT2D eigenvalue weighted by Gasteiger charge is -2.23. The Labute approximate surface area is 152 Å². The summed E-state index contributed by atoms with van der Waals surface area (Å²) in [6.45, 7) is 5.64. The highest BCUT2D eigenvalue weighted by Crippen LogP contribution is 2.24. The highest BCUT2D eigenvalue weighted by molar-refractivity contribution is 6.10. The summed E-state index contributed by atoms with van der Waals surface area (Å²) in [4.78, 5) is 49.4. The second-order valence-corrected chi connectivity index (χ2v) is 6.10. The van der Waals surface area contributed by atoms with Crippen LogP contribution in [0, 0.1) is 0 Å². The predicted molar refractivity (Wildman–Crippen MR) is 96.6 cm³/mol. The fourth-order valence-electron chi connectivity index (χ4n) is 2.86. The number of rotatable bonds is 7. The van der Waals surface area contributed by atoms with E-state index in [4.69, 9.17) is 0 Å². The molecular formula is C18H24N4O4. The van der Waals surface area contributed by atoms with E-state index in [2.05, 4.69) is 16.0 Å². The lowest BCUT2D eigenvalue weighted by molar-refractivity contribution is -0.134. The number of carbonyl (C=O) groups is 4. The molecule has 1 aromatic carbocycles. The number of nitrogens with zero attached hydrogens (tertiary/aromatic N) is 1. The number of hydrogen-bond donors (Lipinski definition) is 3. The van der Waals surface area contributed by atoms with Gasteiger partial charge in [0.1, 0.15) is 12.1 Å². The van der Waals surface area contributed by atoms with Crippen LogP contribution in [0.15, 0.2) is 24.3 Å². The van der Waals surface area contributed by atoms with Gasteiger partial charge in [0, 0.05) is 17.8 Å². The van der Waals surface area contributed by atoms with Crippen LogP contribution in [0.4, 0.5) is 10.5 Å². The van der Waals surface area contributed by atoms with Crippen molar-refractivity contribution in [2.75, 3.05) is 18.4 Å². The van der Waals surface area contributed by atoms with E-state index in [1.165, 1.54) is 0 Å². The number of hydrogen-bond acceptors (Lipinski definition) is 4.